The van der Waals surface area contributed by atoms with Crippen LogP contribution in [-0.2, 0) is 23.1 Å². The molecule has 2 aromatic heterocycles. The topological polar surface area (TPSA) is 116 Å². The van der Waals surface area contributed by atoms with Gasteiger partial charge < -0.3 is 4.52 Å². The maximum absolute atomic E-state index is 13.2. The fourth-order valence-corrected chi connectivity index (χ4v) is 5.02. The van der Waals surface area contributed by atoms with Crippen LogP contribution in [0.3, 0.4) is 0 Å². The lowest BCUT2D eigenvalue weighted by atomic mass is 10.2. The number of alkyl halides is 1. The summed E-state index contributed by atoms with van der Waals surface area (Å²) in [4.78, 5) is 26.0. The van der Waals surface area contributed by atoms with Crippen LogP contribution in [-0.4, -0.2) is 34.9 Å². The third-order valence-electron chi connectivity index (χ3n) is 5.40. The van der Waals surface area contributed by atoms with E-state index in [9.17, 15) is 22.4 Å². The molecule has 166 valence electrons. The Hall–Kier alpha value is -2.79. The second kappa shape index (κ2) is 7.72. The van der Waals surface area contributed by atoms with Crippen LogP contribution in [0.1, 0.15) is 37.6 Å². The number of benzene rings is 1. The zero-order valence-electron chi connectivity index (χ0n) is 17.2. The van der Waals surface area contributed by atoms with E-state index in [1.165, 1.54) is 22.8 Å². The molecule has 0 saturated heterocycles. The van der Waals surface area contributed by atoms with Crippen molar-refractivity contribution in [3.63, 3.8) is 0 Å². The second-order valence-electron chi connectivity index (χ2n) is 7.96. The predicted molar refractivity (Wildman–Crippen MR) is 111 cm³/mol. The molecular weight excluding hydrogens is 427 g/mol. The van der Waals surface area contributed by atoms with Crippen LogP contribution in [0.25, 0.3) is 10.9 Å². The van der Waals surface area contributed by atoms with Gasteiger partial charge in [-0.2, -0.15) is 0 Å². The molecule has 1 N–H and O–H groups in total. The third-order valence-corrected chi connectivity index (χ3v) is 6.98. The Balaban J connectivity index is 1.87. The Morgan fingerprint density at radius 3 is 2.55 bits per heavy atom. The summed E-state index contributed by atoms with van der Waals surface area (Å²) in [6.45, 7) is 3.04. The number of halogens is 1. The first-order valence-corrected chi connectivity index (χ1v) is 11.5. The average molecular weight is 450 g/mol. The second-order valence-corrected chi connectivity index (χ2v) is 9.64. The predicted octanol–water partition coefficient (Wildman–Crippen LogP) is 1.70. The summed E-state index contributed by atoms with van der Waals surface area (Å²) in [5.41, 5.74) is -1.26. The van der Waals surface area contributed by atoms with Crippen molar-refractivity contribution in [1.29, 1.82) is 0 Å². The molecule has 1 aromatic carbocycles. The number of hydrogen-bond acceptors (Lipinski definition) is 6. The van der Waals surface area contributed by atoms with E-state index >= 15 is 0 Å². The van der Waals surface area contributed by atoms with Crippen molar-refractivity contribution >= 4 is 20.9 Å². The van der Waals surface area contributed by atoms with Gasteiger partial charge >= 0.3 is 5.69 Å². The highest BCUT2D eigenvalue weighted by Gasteiger charge is 2.46. The van der Waals surface area contributed by atoms with Gasteiger partial charge in [0, 0.05) is 12.6 Å². The van der Waals surface area contributed by atoms with Crippen LogP contribution in [0.4, 0.5) is 4.39 Å². The highest BCUT2D eigenvalue weighted by molar-refractivity contribution is 7.89. The van der Waals surface area contributed by atoms with Gasteiger partial charge in [0.25, 0.3) is 5.56 Å². The Morgan fingerprint density at radius 2 is 1.97 bits per heavy atom. The molecule has 1 aliphatic rings. The van der Waals surface area contributed by atoms with E-state index in [0.29, 0.717) is 42.8 Å². The van der Waals surface area contributed by atoms with E-state index in [1.54, 1.807) is 13.0 Å². The summed E-state index contributed by atoms with van der Waals surface area (Å²) in [5.74, 6) is 0.336. The van der Waals surface area contributed by atoms with Crippen molar-refractivity contribution in [1.82, 2.24) is 19.0 Å². The smallest absolute Gasteiger partial charge is 0.331 e. The SMILES string of the molecule is CCCn1c(=O)n(Cc2cc(C)no2)c(=O)c2cc(S(=O)(=O)NC3(CF)CC3)ccc21. The van der Waals surface area contributed by atoms with E-state index in [2.05, 4.69) is 9.88 Å². The lowest BCUT2D eigenvalue weighted by Crippen LogP contribution is -2.41. The van der Waals surface area contributed by atoms with Crippen molar-refractivity contribution in [3.05, 3.63) is 56.6 Å². The summed E-state index contributed by atoms with van der Waals surface area (Å²) < 4.78 is 48.8. The van der Waals surface area contributed by atoms with Crippen LogP contribution in [0, 0.1) is 6.92 Å². The summed E-state index contributed by atoms with van der Waals surface area (Å²) in [5, 5.41) is 3.85. The number of sulfonamides is 1. The van der Waals surface area contributed by atoms with Gasteiger partial charge in [0.1, 0.15) is 6.67 Å². The van der Waals surface area contributed by atoms with E-state index < -0.39 is 33.5 Å². The van der Waals surface area contributed by atoms with Gasteiger partial charge in [-0.05, 0) is 44.4 Å². The van der Waals surface area contributed by atoms with Crippen molar-refractivity contribution < 1.29 is 17.3 Å². The first-order valence-electron chi connectivity index (χ1n) is 9.99. The fraction of sp³-hybridized carbons (Fsp3) is 0.450. The molecule has 3 aromatic rings. The van der Waals surface area contributed by atoms with Crippen molar-refractivity contribution in [2.45, 2.75) is 56.6 Å². The highest BCUT2D eigenvalue weighted by Crippen LogP contribution is 2.37. The maximum atomic E-state index is 13.2. The van der Waals surface area contributed by atoms with Crippen LogP contribution < -0.4 is 16.0 Å². The number of nitrogens with zero attached hydrogens (tertiary/aromatic N) is 3. The number of rotatable bonds is 8. The Kier molecular flexibility index (Phi) is 5.34. The number of aromatic nitrogens is 3. The summed E-state index contributed by atoms with van der Waals surface area (Å²) in [6, 6.07) is 5.63. The fourth-order valence-electron chi connectivity index (χ4n) is 3.55. The molecule has 11 heteroatoms. The minimum absolute atomic E-state index is 0.0808. The number of hydrogen-bond donors (Lipinski definition) is 1. The van der Waals surface area contributed by atoms with Crippen LogP contribution in [0.2, 0.25) is 0 Å². The van der Waals surface area contributed by atoms with E-state index in [0.717, 1.165) is 4.57 Å². The molecule has 9 nitrogen and oxygen atoms in total. The van der Waals surface area contributed by atoms with Gasteiger partial charge in [-0.3, -0.25) is 13.9 Å². The quantitative estimate of drug-likeness (QED) is 0.558. The average Bonchev–Trinajstić information content (AvgIpc) is 3.38. The number of fused-ring (bicyclic) bond motifs is 1. The Morgan fingerprint density at radius 1 is 1.23 bits per heavy atom. The molecule has 0 radical (unpaired) electrons. The van der Waals surface area contributed by atoms with E-state index in [1.807, 2.05) is 6.92 Å². The minimum atomic E-state index is -4.03. The van der Waals surface area contributed by atoms with Gasteiger partial charge in [-0.25, -0.2) is 22.3 Å². The first kappa shape index (κ1) is 21.4. The number of nitrogens with one attached hydrogen (secondary N) is 1. The molecular formula is C20H23FN4O5S. The van der Waals surface area contributed by atoms with Crippen LogP contribution in [0.5, 0.6) is 0 Å². The normalized spacial score (nSPS) is 15.5. The van der Waals surface area contributed by atoms with Crippen molar-refractivity contribution in [2.24, 2.45) is 0 Å². The summed E-state index contributed by atoms with van der Waals surface area (Å²) >= 11 is 0. The van der Waals surface area contributed by atoms with Gasteiger partial charge in [0.05, 0.1) is 33.6 Å². The zero-order valence-corrected chi connectivity index (χ0v) is 18.0. The minimum Gasteiger partial charge on any atom is -0.359 e. The molecule has 31 heavy (non-hydrogen) atoms. The highest BCUT2D eigenvalue weighted by atomic mass is 32.2. The maximum Gasteiger partial charge on any atom is 0.331 e. The Bertz CT molecular complexity index is 1370. The summed E-state index contributed by atoms with van der Waals surface area (Å²) in [7, 11) is -4.03. The monoisotopic (exact) mass is 450 g/mol. The molecule has 0 amide bonds. The number of aryl methyl sites for hydroxylation is 2. The van der Waals surface area contributed by atoms with Gasteiger partial charge in [0.15, 0.2) is 5.76 Å². The molecule has 0 bridgehead atoms. The molecule has 0 atom stereocenters. The van der Waals surface area contributed by atoms with Crippen molar-refractivity contribution in [3.8, 4) is 0 Å². The standard InChI is InChI=1S/C20H23FN4O5S/c1-3-8-24-17-5-4-15(31(28,29)23-20(12-21)6-7-20)10-16(17)18(26)25(19(24)27)11-14-9-13(2)22-30-14/h4-5,9-10,23H,3,6-8,11-12H2,1-2H3. The molecule has 0 unspecified atom stereocenters. The van der Waals surface area contributed by atoms with Gasteiger partial charge in [-0.15, -0.1) is 0 Å². The van der Waals surface area contributed by atoms with Gasteiger partial charge in [0.2, 0.25) is 10.0 Å². The largest absolute Gasteiger partial charge is 0.359 e. The molecule has 0 aliphatic heterocycles. The molecule has 2 heterocycles. The van der Waals surface area contributed by atoms with Gasteiger partial charge in [-0.1, -0.05) is 12.1 Å². The molecule has 1 saturated carbocycles. The lowest BCUT2D eigenvalue weighted by molar-refractivity contribution is 0.368. The zero-order chi connectivity index (χ0) is 22.4. The van der Waals surface area contributed by atoms with Crippen LogP contribution >= 0.6 is 0 Å². The molecule has 1 aliphatic carbocycles. The molecule has 0 spiro atoms. The lowest BCUT2D eigenvalue weighted by Gasteiger charge is -2.16. The van der Waals surface area contributed by atoms with E-state index in [-0.39, 0.29) is 16.8 Å². The van der Waals surface area contributed by atoms with E-state index in [4.69, 9.17) is 4.52 Å². The third kappa shape index (κ3) is 3.94. The van der Waals surface area contributed by atoms with Crippen LogP contribution in [0.15, 0.2) is 43.3 Å². The summed E-state index contributed by atoms with van der Waals surface area (Å²) in [6.07, 6.45) is 1.49. The molecule has 4 rings (SSSR count). The first-order chi connectivity index (χ1) is 14.7. The Labute approximate surface area is 177 Å². The molecule has 1 fully saturated rings. The van der Waals surface area contributed by atoms with Crippen molar-refractivity contribution in [2.75, 3.05) is 6.67 Å².